The van der Waals surface area contributed by atoms with Crippen LogP contribution in [0, 0.1) is 0 Å². The van der Waals surface area contributed by atoms with Gasteiger partial charge in [-0.25, -0.2) is 8.42 Å². The van der Waals surface area contributed by atoms with E-state index in [0.29, 0.717) is 12.3 Å². The first kappa shape index (κ1) is 13.9. The zero-order valence-electron chi connectivity index (χ0n) is 10.4. The summed E-state index contributed by atoms with van der Waals surface area (Å²) in [4.78, 5) is 0. The zero-order chi connectivity index (χ0) is 13.2. The van der Waals surface area contributed by atoms with Gasteiger partial charge in [-0.1, -0.05) is 12.8 Å². The molecule has 1 saturated heterocycles. The first-order chi connectivity index (χ1) is 8.55. The fourth-order valence-electron chi connectivity index (χ4n) is 2.29. The molecule has 18 heavy (non-hydrogen) atoms. The third kappa shape index (κ3) is 2.73. The lowest BCUT2D eigenvalue weighted by Gasteiger charge is -2.24. The van der Waals surface area contributed by atoms with Crippen molar-refractivity contribution in [1.82, 2.24) is 4.31 Å². The molecule has 0 radical (unpaired) electrons. The van der Waals surface area contributed by atoms with Crippen molar-refractivity contribution in [2.45, 2.75) is 49.6 Å². The molecule has 0 bridgehead atoms. The first-order valence-corrected chi connectivity index (χ1v) is 8.19. The first-order valence-electron chi connectivity index (χ1n) is 6.22. The maximum Gasteiger partial charge on any atom is 0.276 e. The topological polar surface area (TPSA) is 50.5 Å². The number of hydrogen-bond acceptors (Lipinski definition) is 3. The Kier molecular flexibility index (Phi) is 4.35. The molecule has 1 unspecified atom stereocenters. The van der Waals surface area contributed by atoms with Crippen LogP contribution in [0.2, 0.25) is 0 Å². The minimum Gasteiger partial charge on any atom is -0.447 e. The molecule has 2 rings (SSSR count). The fraction of sp³-hybridized carbons (Fsp3) is 0.667. The normalized spacial score (nSPS) is 22.9. The number of halogens is 1. The number of furan rings is 1. The highest BCUT2D eigenvalue weighted by Gasteiger charge is 2.32. The molecule has 6 heteroatoms. The standard InChI is InChI=1S/C12H18ClNO3S/c1-10-5-3-2-4-8-14(10)18(15,16)12-7-6-11(9-13)17-12/h6-7,10H,2-5,8-9H2,1H3. The number of alkyl halides is 1. The smallest absolute Gasteiger partial charge is 0.276 e. The van der Waals surface area contributed by atoms with Crippen LogP contribution in [0.25, 0.3) is 0 Å². The van der Waals surface area contributed by atoms with Crippen molar-refractivity contribution in [3.8, 4) is 0 Å². The summed E-state index contributed by atoms with van der Waals surface area (Å²) < 4.78 is 31.8. The van der Waals surface area contributed by atoms with Gasteiger partial charge in [0.15, 0.2) is 0 Å². The fourth-order valence-corrected chi connectivity index (χ4v) is 4.07. The molecule has 0 aliphatic carbocycles. The highest BCUT2D eigenvalue weighted by molar-refractivity contribution is 7.89. The number of sulfonamides is 1. The molecule has 1 aliphatic rings. The Morgan fingerprint density at radius 1 is 1.39 bits per heavy atom. The highest BCUT2D eigenvalue weighted by Crippen LogP contribution is 2.26. The molecule has 2 heterocycles. The molecule has 0 saturated carbocycles. The lowest BCUT2D eigenvalue weighted by Crippen LogP contribution is -2.38. The van der Waals surface area contributed by atoms with Crippen molar-refractivity contribution in [2.24, 2.45) is 0 Å². The summed E-state index contributed by atoms with van der Waals surface area (Å²) in [6, 6.07) is 3.13. The third-order valence-corrected chi connectivity index (χ3v) is 5.47. The third-order valence-electron chi connectivity index (χ3n) is 3.32. The van der Waals surface area contributed by atoms with Crippen molar-refractivity contribution < 1.29 is 12.8 Å². The van der Waals surface area contributed by atoms with Gasteiger partial charge < -0.3 is 4.42 Å². The second kappa shape index (κ2) is 5.63. The van der Waals surface area contributed by atoms with Crippen LogP contribution >= 0.6 is 11.6 Å². The molecule has 0 N–H and O–H groups in total. The Labute approximate surface area is 113 Å². The van der Waals surface area contributed by atoms with E-state index in [1.54, 1.807) is 10.4 Å². The van der Waals surface area contributed by atoms with E-state index in [2.05, 4.69) is 0 Å². The number of rotatable bonds is 3. The van der Waals surface area contributed by atoms with Crippen LogP contribution in [0.15, 0.2) is 21.6 Å². The molecule has 1 atom stereocenters. The van der Waals surface area contributed by atoms with Gasteiger partial charge in [-0.15, -0.1) is 11.6 Å². The average Bonchev–Trinajstić information content (AvgIpc) is 2.72. The molecule has 1 aromatic rings. The maximum atomic E-state index is 12.5. The molecule has 0 aromatic carbocycles. The van der Waals surface area contributed by atoms with Gasteiger partial charge in [-0.2, -0.15) is 4.31 Å². The molecule has 1 fully saturated rings. The van der Waals surface area contributed by atoms with Crippen molar-refractivity contribution in [1.29, 1.82) is 0 Å². The predicted octanol–water partition coefficient (Wildman–Crippen LogP) is 2.97. The Morgan fingerprint density at radius 3 is 2.83 bits per heavy atom. The molecule has 102 valence electrons. The second-order valence-electron chi connectivity index (χ2n) is 4.67. The zero-order valence-corrected chi connectivity index (χ0v) is 12.0. The Bertz CT molecular complexity index is 497. The van der Waals surface area contributed by atoms with Crippen LogP contribution < -0.4 is 0 Å². The minimum absolute atomic E-state index is 0.00639. The van der Waals surface area contributed by atoms with Crippen molar-refractivity contribution in [2.75, 3.05) is 6.54 Å². The van der Waals surface area contributed by atoms with Gasteiger partial charge in [0.1, 0.15) is 5.76 Å². The monoisotopic (exact) mass is 291 g/mol. The summed E-state index contributed by atoms with van der Waals surface area (Å²) in [6.45, 7) is 2.52. The molecule has 0 spiro atoms. The van der Waals surface area contributed by atoms with Crippen LogP contribution in [-0.2, 0) is 15.9 Å². The average molecular weight is 292 g/mol. The van der Waals surface area contributed by atoms with Crippen LogP contribution in [0.5, 0.6) is 0 Å². The van der Waals surface area contributed by atoms with Crippen LogP contribution in [0.4, 0.5) is 0 Å². The Balaban J connectivity index is 2.28. The van der Waals surface area contributed by atoms with Gasteiger partial charge in [-0.3, -0.25) is 0 Å². The number of nitrogens with zero attached hydrogens (tertiary/aromatic N) is 1. The van der Waals surface area contributed by atoms with E-state index in [1.165, 1.54) is 6.07 Å². The largest absolute Gasteiger partial charge is 0.447 e. The summed E-state index contributed by atoms with van der Waals surface area (Å²) in [5, 5.41) is 0.00639. The van der Waals surface area contributed by atoms with E-state index >= 15 is 0 Å². The van der Waals surface area contributed by atoms with Gasteiger partial charge in [0.25, 0.3) is 10.0 Å². The number of hydrogen-bond donors (Lipinski definition) is 0. The summed E-state index contributed by atoms with van der Waals surface area (Å²) >= 11 is 5.63. The summed E-state index contributed by atoms with van der Waals surface area (Å²) in [7, 11) is -3.52. The van der Waals surface area contributed by atoms with E-state index in [9.17, 15) is 8.42 Å². The van der Waals surface area contributed by atoms with Crippen molar-refractivity contribution in [3.63, 3.8) is 0 Å². The lowest BCUT2D eigenvalue weighted by atomic mass is 10.1. The minimum atomic E-state index is -3.52. The lowest BCUT2D eigenvalue weighted by molar-refractivity contribution is 0.324. The molecular weight excluding hydrogens is 274 g/mol. The molecule has 4 nitrogen and oxygen atoms in total. The molecule has 0 amide bonds. The molecule has 1 aliphatic heterocycles. The van der Waals surface area contributed by atoms with E-state index in [0.717, 1.165) is 25.7 Å². The quantitative estimate of drug-likeness (QED) is 0.805. The Hall–Kier alpha value is -0.520. The highest BCUT2D eigenvalue weighted by atomic mass is 35.5. The second-order valence-corrected chi connectivity index (χ2v) is 6.76. The van der Waals surface area contributed by atoms with Gasteiger partial charge in [0, 0.05) is 12.6 Å². The molecule has 1 aromatic heterocycles. The van der Waals surface area contributed by atoms with Crippen LogP contribution in [0.1, 0.15) is 38.4 Å². The van der Waals surface area contributed by atoms with E-state index in [1.807, 2.05) is 6.92 Å². The van der Waals surface area contributed by atoms with Crippen LogP contribution in [0.3, 0.4) is 0 Å². The van der Waals surface area contributed by atoms with E-state index < -0.39 is 10.0 Å². The van der Waals surface area contributed by atoms with Gasteiger partial charge in [-0.05, 0) is 31.9 Å². The van der Waals surface area contributed by atoms with Crippen molar-refractivity contribution in [3.05, 3.63) is 17.9 Å². The van der Waals surface area contributed by atoms with Gasteiger partial charge in [0.05, 0.1) is 5.88 Å². The van der Waals surface area contributed by atoms with Gasteiger partial charge >= 0.3 is 0 Å². The van der Waals surface area contributed by atoms with Crippen molar-refractivity contribution >= 4 is 21.6 Å². The van der Waals surface area contributed by atoms with E-state index in [-0.39, 0.29) is 17.0 Å². The predicted molar refractivity (Wildman–Crippen MR) is 70.1 cm³/mol. The van der Waals surface area contributed by atoms with Crippen LogP contribution in [-0.4, -0.2) is 25.3 Å². The SMILES string of the molecule is CC1CCCCCN1S(=O)(=O)c1ccc(CCl)o1. The maximum absolute atomic E-state index is 12.5. The Morgan fingerprint density at radius 2 is 2.17 bits per heavy atom. The summed E-state index contributed by atoms with van der Waals surface area (Å²) in [5.41, 5.74) is 0. The summed E-state index contributed by atoms with van der Waals surface area (Å²) in [6.07, 6.45) is 3.98. The summed E-state index contributed by atoms with van der Waals surface area (Å²) in [5.74, 6) is 0.670. The molecular formula is C12H18ClNO3S. The van der Waals surface area contributed by atoms with E-state index in [4.69, 9.17) is 16.0 Å². The van der Waals surface area contributed by atoms with Gasteiger partial charge in [0.2, 0.25) is 5.09 Å².